The van der Waals surface area contributed by atoms with Crippen molar-refractivity contribution in [3.05, 3.63) is 29.9 Å². The van der Waals surface area contributed by atoms with Crippen molar-refractivity contribution in [2.45, 2.75) is 44.7 Å². The molecular weight excluding hydrogens is 344 g/mol. The Balaban J connectivity index is 1.45. The summed E-state index contributed by atoms with van der Waals surface area (Å²) in [5, 5.41) is 3.86. The first kappa shape index (κ1) is 17.8. The molecule has 4 rings (SSSR count). The van der Waals surface area contributed by atoms with Crippen molar-refractivity contribution in [3.8, 4) is 0 Å². The summed E-state index contributed by atoms with van der Waals surface area (Å²) >= 11 is 0. The Kier molecular flexibility index (Phi) is 4.72. The van der Waals surface area contributed by atoms with Crippen LogP contribution in [0.15, 0.2) is 23.0 Å². The molecule has 0 bridgehead atoms. The van der Waals surface area contributed by atoms with Crippen LogP contribution < -0.4 is 9.80 Å². The lowest BCUT2D eigenvalue weighted by Gasteiger charge is -2.39. The maximum atomic E-state index is 12.6. The molecule has 1 amide bonds. The van der Waals surface area contributed by atoms with E-state index in [0.29, 0.717) is 23.5 Å². The Morgan fingerprint density at radius 2 is 1.74 bits per heavy atom. The van der Waals surface area contributed by atoms with Crippen molar-refractivity contribution >= 4 is 17.5 Å². The van der Waals surface area contributed by atoms with Gasteiger partial charge in [0, 0.05) is 51.4 Å². The normalized spacial score (nSPS) is 17.8. The van der Waals surface area contributed by atoms with E-state index in [1.807, 2.05) is 23.9 Å². The van der Waals surface area contributed by atoms with Crippen LogP contribution in [0, 0.1) is 6.92 Å². The fourth-order valence-electron chi connectivity index (χ4n) is 3.72. The van der Waals surface area contributed by atoms with Gasteiger partial charge in [-0.15, -0.1) is 0 Å². The Bertz CT molecular complexity index is 808. The summed E-state index contributed by atoms with van der Waals surface area (Å²) in [5.41, 5.74) is 0.399. The fraction of sp³-hybridized carbons (Fsp3) is 0.579. The van der Waals surface area contributed by atoms with Gasteiger partial charge in [0.1, 0.15) is 23.7 Å². The lowest BCUT2D eigenvalue weighted by Crippen LogP contribution is -2.48. The first-order valence-corrected chi connectivity index (χ1v) is 9.53. The summed E-state index contributed by atoms with van der Waals surface area (Å²) in [7, 11) is 3.98. The van der Waals surface area contributed by atoms with Gasteiger partial charge < -0.3 is 19.2 Å². The van der Waals surface area contributed by atoms with Crippen molar-refractivity contribution in [2.24, 2.45) is 0 Å². The number of rotatable bonds is 5. The van der Waals surface area contributed by atoms with Gasteiger partial charge in [0.25, 0.3) is 5.91 Å². The first-order chi connectivity index (χ1) is 13.0. The van der Waals surface area contributed by atoms with Gasteiger partial charge >= 0.3 is 0 Å². The van der Waals surface area contributed by atoms with Gasteiger partial charge in [0.15, 0.2) is 5.69 Å². The summed E-state index contributed by atoms with van der Waals surface area (Å²) < 4.78 is 5.04. The number of hydrogen-bond acceptors (Lipinski definition) is 7. The van der Waals surface area contributed by atoms with Crippen LogP contribution in [0.1, 0.15) is 41.9 Å². The van der Waals surface area contributed by atoms with Crippen LogP contribution in [0.3, 0.4) is 0 Å². The molecule has 0 N–H and O–H groups in total. The van der Waals surface area contributed by atoms with Crippen molar-refractivity contribution in [1.82, 2.24) is 20.0 Å². The number of carbonyl (C=O) groups is 1. The molecule has 8 nitrogen and oxygen atoms in total. The number of aromatic nitrogens is 3. The fourth-order valence-corrected chi connectivity index (χ4v) is 3.72. The Hall–Kier alpha value is -2.64. The molecule has 2 aliphatic rings. The smallest absolute Gasteiger partial charge is 0.276 e. The molecule has 0 unspecified atom stereocenters. The highest BCUT2D eigenvalue weighted by atomic mass is 16.5. The molecule has 1 aliphatic carbocycles. The van der Waals surface area contributed by atoms with Crippen molar-refractivity contribution in [2.75, 3.05) is 37.0 Å². The summed E-state index contributed by atoms with van der Waals surface area (Å²) in [6, 6.07) is 4.72. The quantitative estimate of drug-likeness (QED) is 0.797. The predicted octanol–water partition coefficient (Wildman–Crippen LogP) is 2.11. The molecule has 2 aromatic rings. The van der Waals surface area contributed by atoms with Gasteiger partial charge in [0.05, 0.1) is 0 Å². The molecule has 144 valence electrons. The molecule has 0 radical (unpaired) electrons. The van der Waals surface area contributed by atoms with E-state index in [1.165, 1.54) is 12.8 Å². The minimum Gasteiger partial charge on any atom is -0.363 e. The molecule has 2 fully saturated rings. The topological polar surface area (TPSA) is 78.6 Å². The van der Waals surface area contributed by atoms with Crippen LogP contribution in [0.25, 0.3) is 0 Å². The monoisotopic (exact) mass is 370 g/mol. The molecule has 8 heteroatoms. The number of amides is 1. The second-order valence-electron chi connectivity index (χ2n) is 7.61. The van der Waals surface area contributed by atoms with E-state index in [4.69, 9.17) is 4.52 Å². The number of likely N-dealkylation sites (tertiary alicyclic amines) is 1. The highest BCUT2D eigenvalue weighted by Gasteiger charge is 2.37. The van der Waals surface area contributed by atoms with E-state index in [1.54, 1.807) is 19.3 Å². The third-order valence-corrected chi connectivity index (χ3v) is 5.29. The number of anilines is 2. The standard InChI is InChI=1S/C19H26N6O2/c1-13-10-16(22-27-13)19(26)24-8-6-15(7-9-24)25(14-4-5-14)18-11-17(23(2)3)20-12-21-18/h10-12,14-15H,4-9H2,1-3H3. The summed E-state index contributed by atoms with van der Waals surface area (Å²) in [6.45, 7) is 3.25. The zero-order valence-corrected chi connectivity index (χ0v) is 16.1. The summed E-state index contributed by atoms with van der Waals surface area (Å²) in [6.07, 6.45) is 5.92. The maximum absolute atomic E-state index is 12.6. The van der Waals surface area contributed by atoms with Crippen LogP contribution in [-0.2, 0) is 0 Å². The van der Waals surface area contributed by atoms with Crippen LogP contribution >= 0.6 is 0 Å². The second-order valence-corrected chi connectivity index (χ2v) is 7.61. The SMILES string of the molecule is Cc1cc(C(=O)N2CCC(N(c3cc(N(C)C)ncn3)C3CC3)CC2)no1. The van der Waals surface area contributed by atoms with E-state index < -0.39 is 0 Å². The molecule has 3 heterocycles. The molecule has 0 atom stereocenters. The minimum absolute atomic E-state index is 0.0415. The Morgan fingerprint density at radius 1 is 1.07 bits per heavy atom. The highest BCUT2D eigenvalue weighted by Crippen LogP contribution is 2.36. The molecule has 1 aliphatic heterocycles. The molecule has 2 aromatic heterocycles. The first-order valence-electron chi connectivity index (χ1n) is 9.53. The largest absolute Gasteiger partial charge is 0.363 e. The van der Waals surface area contributed by atoms with E-state index in [0.717, 1.165) is 37.6 Å². The molecule has 0 spiro atoms. The number of piperidine rings is 1. The Morgan fingerprint density at radius 3 is 2.33 bits per heavy atom. The second kappa shape index (κ2) is 7.17. The van der Waals surface area contributed by atoms with Gasteiger partial charge in [-0.3, -0.25) is 4.79 Å². The van der Waals surface area contributed by atoms with E-state index in [-0.39, 0.29) is 5.91 Å². The van der Waals surface area contributed by atoms with Crippen LogP contribution in [0.5, 0.6) is 0 Å². The van der Waals surface area contributed by atoms with Crippen molar-refractivity contribution in [3.63, 3.8) is 0 Å². The molecular formula is C19H26N6O2. The van der Waals surface area contributed by atoms with Gasteiger partial charge in [-0.05, 0) is 32.6 Å². The van der Waals surface area contributed by atoms with Crippen molar-refractivity contribution in [1.29, 1.82) is 0 Å². The van der Waals surface area contributed by atoms with Crippen LogP contribution in [-0.4, -0.2) is 65.2 Å². The number of nitrogens with zero attached hydrogens (tertiary/aromatic N) is 6. The van der Waals surface area contributed by atoms with Gasteiger partial charge in [-0.25, -0.2) is 9.97 Å². The third kappa shape index (κ3) is 3.74. The van der Waals surface area contributed by atoms with Crippen LogP contribution in [0.4, 0.5) is 11.6 Å². The maximum Gasteiger partial charge on any atom is 0.276 e. The summed E-state index contributed by atoms with van der Waals surface area (Å²) in [4.78, 5) is 27.8. The number of hydrogen-bond donors (Lipinski definition) is 0. The lowest BCUT2D eigenvalue weighted by atomic mass is 10.0. The average molecular weight is 370 g/mol. The minimum atomic E-state index is -0.0415. The van der Waals surface area contributed by atoms with E-state index in [2.05, 4.69) is 26.1 Å². The zero-order valence-electron chi connectivity index (χ0n) is 16.1. The summed E-state index contributed by atoms with van der Waals surface area (Å²) in [5.74, 6) is 2.53. The zero-order chi connectivity index (χ0) is 19.0. The molecule has 27 heavy (non-hydrogen) atoms. The van der Waals surface area contributed by atoms with Gasteiger partial charge in [-0.1, -0.05) is 5.16 Å². The number of carbonyl (C=O) groups excluding carboxylic acids is 1. The van der Waals surface area contributed by atoms with Crippen LogP contribution in [0.2, 0.25) is 0 Å². The third-order valence-electron chi connectivity index (χ3n) is 5.29. The predicted molar refractivity (Wildman–Crippen MR) is 102 cm³/mol. The van der Waals surface area contributed by atoms with Crippen molar-refractivity contribution < 1.29 is 9.32 Å². The number of aryl methyl sites for hydroxylation is 1. The lowest BCUT2D eigenvalue weighted by molar-refractivity contribution is 0.0701. The van der Waals surface area contributed by atoms with E-state index >= 15 is 0 Å². The van der Waals surface area contributed by atoms with E-state index in [9.17, 15) is 4.79 Å². The highest BCUT2D eigenvalue weighted by molar-refractivity contribution is 5.92. The Labute approximate surface area is 159 Å². The van der Waals surface area contributed by atoms with Gasteiger partial charge in [0.2, 0.25) is 0 Å². The van der Waals surface area contributed by atoms with Gasteiger partial charge in [-0.2, -0.15) is 0 Å². The molecule has 0 aromatic carbocycles. The average Bonchev–Trinajstić information content (AvgIpc) is 3.41. The molecule has 1 saturated heterocycles. The molecule has 1 saturated carbocycles.